The summed E-state index contributed by atoms with van der Waals surface area (Å²) in [5.41, 5.74) is 0. The highest BCUT2D eigenvalue weighted by molar-refractivity contribution is 5.66. The Balaban J connectivity index is 2.10. The number of esters is 1. The minimum absolute atomic E-state index is 0.377. The van der Waals surface area contributed by atoms with Gasteiger partial charge in [0.25, 0.3) is 0 Å². The Bertz CT molecular complexity index is 343. The molecule has 0 aromatic rings. The lowest BCUT2D eigenvalue weighted by atomic mass is 10.1. The SMILES string of the molecule is COC(OC(C)=O)[C@H]1O[C@@H]2OC(C)(C)O[C@@H]2[C@H]1OC. The second-order valence-corrected chi connectivity index (χ2v) is 4.98. The quantitative estimate of drug-likeness (QED) is 0.544. The molecule has 0 spiro atoms. The van der Waals surface area contributed by atoms with E-state index in [1.54, 1.807) is 21.0 Å². The monoisotopic (exact) mass is 276 g/mol. The number of carbonyl (C=O) groups is 1. The van der Waals surface area contributed by atoms with Gasteiger partial charge < -0.3 is 28.4 Å². The van der Waals surface area contributed by atoms with Crippen LogP contribution >= 0.6 is 0 Å². The summed E-state index contributed by atoms with van der Waals surface area (Å²) in [7, 11) is 2.97. The molecule has 7 nitrogen and oxygen atoms in total. The van der Waals surface area contributed by atoms with Crippen molar-refractivity contribution in [1.82, 2.24) is 0 Å². The molecule has 2 heterocycles. The van der Waals surface area contributed by atoms with Crippen molar-refractivity contribution in [3.63, 3.8) is 0 Å². The second-order valence-electron chi connectivity index (χ2n) is 4.98. The molecule has 2 rings (SSSR count). The Kier molecular flexibility index (Phi) is 4.12. The fourth-order valence-electron chi connectivity index (χ4n) is 2.40. The van der Waals surface area contributed by atoms with E-state index in [2.05, 4.69) is 0 Å². The summed E-state index contributed by atoms with van der Waals surface area (Å²) in [6.45, 7) is 4.91. The summed E-state index contributed by atoms with van der Waals surface area (Å²) in [6, 6.07) is 0. The van der Waals surface area contributed by atoms with Crippen LogP contribution in [-0.4, -0.2) is 56.9 Å². The molecule has 7 heteroatoms. The molecule has 0 bridgehead atoms. The number of carbonyl (C=O) groups excluding carboxylic acids is 1. The van der Waals surface area contributed by atoms with Crippen LogP contribution < -0.4 is 0 Å². The molecule has 0 N–H and O–H groups in total. The Morgan fingerprint density at radius 1 is 1.26 bits per heavy atom. The van der Waals surface area contributed by atoms with Crippen LogP contribution in [0.4, 0.5) is 0 Å². The lowest BCUT2D eigenvalue weighted by molar-refractivity contribution is -0.258. The molecule has 0 radical (unpaired) electrons. The first-order chi connectivity index (χ1) is 8.88. The van der Waals surface area contributed by atoms with E-state index in [4.69, 9.17) is 28.4 Å². The van der Waals surface area contributed by atoms with Crippen LogP contribution in [0, 0.1) is 0 Å². The van der Waals surface area contributed by atoms with E-state index < -0.39 is 36.5 Å². The summed E-state index contributed by atoms with van der Waals surface area (Å²) >= 11 is 0. The van der Waals surface area contributed by atoms with Gasteiger partial charge in [0.15, 0.2) is 18.2 Å². The molecule has 2 fully saturated rings. The molecular formula is C12H20O7. The maximum absolute atomic E-state index is 11.1. The summed E-state index contributed by atoms with van der Waals surface area (Å²) in [5.74, 6) is -1.18. The van der Waals surface area contributed by atoms with Crippen molar-refractivity contribution in [3.05, 3.63) is 0 Å². The average molecular weight is 276 g/mol. The van der Waals surface area contributed by atoms with Crippen LogP contribution in [0.1, 0.15) is 20.8 Å². The van der Waals surface area contributed by atoms with Crippen molar-refractivity contribution < 1.29 is 33.2 Å². The number of hydrogen-bond acceptors (Lipinski definition) is 7. The highest BCUT2D eigenvalue weighted by Gasteiger charge is 2.57. The number of fused-ring (bicyclic) bond motifs is 1. The summed E-state index contributed by atoms with van der Waals surface area (Å²) < 4.78 is 32.6. The van der Waals surface area contributed by atoms with E-state index in [-0.39, 0.29) is 6.10 Å². The van der Waals surface area contributed by atoms with E-state index in [0.717, 1.165) is 0 Å². The number of rotatable bonds is 4. The predicted molar refractivity (Wildman–Crippen MR) is 62.1 cm³/mol. The number of methoxy groups -OCH3 is 2. The van der Waals surface area contributed by atoms with Gasteiger partial charge in [-0.15, -0.1) is 0 Å². The molecule has 2 saturated heterocycles. The molecule has 0 saturated carbocycles. The molecule has 0 amide bonds. The van der Waals surface area contributed by atoms with Crippen molar-refractivity contribution in [2.24, 2.45) is 0 Å². The minimum Gasteiger partial charge on any atom is -0.433 e. The highest BCUT2D eigenvalue weighted by Crippen LogP contribution is 2.39. The van der Waals surface area contributed by atoms with Crippen molar-refractivity contribution >= 4 is 5.97 Å². The third kappa shape index (κ3) is 2.90. The van der Waals surface area contributed by atoms with E-state index in [0.29, 0.717) is 0 Å². The molecule has 0 aromatic carbocycles. The van der Waals surface area contributed by atoms with Gasteiger partial charge in [-0.25, -0.2) is 0 Å². The van der Waals surface area contributed by atoms with Gasteiger partial charge in [-0.05, 0) is 13.8 Å². The molecule has 19 heavy (non-hydrogen) atoms. The third-order valence-electron chi connectivity index (χ3n) is 3.08. The van der Waals surface area contributed by atoms with E-state index in [1.165, 1.54) is 14.0 Å². The van der Waals surface area contributed by atoms with Crippen LogP contribution in [0.2, 0.25) is 0 Å². The molecule has 0 aliphatic carbocycles. The van der Waals surface area contributed by atoms with Crippen molar-refractivity contribution in [1.29, 1.82) is 0 Å². The molecule has 5 atom stereocenters. The van der Waals surface area contributed by atoms with Gasteiger partial charge in [-0.3, -0.25) is 4.79 Å². The van der Waals surface area contributed by atoms with E-state index in [1.807, 2.05) is 0 Å². The van der Waals surface area contributed by atoms with Gasteiger partial charge in [0.1, 0.15) is 12.2 Å². The van der Waals surface area contributed by atoms with Crippen LogP contribution in [0.5, 0.6) is 0 Å². The Hall–Kier alpha value is -0.730. The smallest absolute Gasteiger partial charge is 0.305 e. The maximum Gasteiger partial charge on any atom is 0.305 e. The zero-order chi connectivity index (χ0) is 14.2. The van der Waals surface area contributed by atoms with Gasteiger partial charge in [-0.1, -0.05) is 0 Å². The highest BCUT2D eigenvalue weighted by atomic mass is 16.9. The molecule has 0 aromatic heterocycles. The lowest BCUT2D eigenvalue weighted by Crippen LogP contribution is -2.44. The molecule has 2 aliphatic rings. The first-order valence-corrected chi connectivity index (χ1v) is 6.12. The normalized spacial score (nSPS) is 37.9. The zero-order valence-corrected chi connectivity index (χ0v) is 11.7. The Labute approximate surface area is 112 Å². The predicted octanol–water partition coefficient (Wildman–Crippen LogP) is 0.413. The first-order valence-electron chi connectivity index (χ1n) is 6.12. The topological polar surface area (TPSA) is 72.5 Å². The largest absolute Gasteiger partial charge is 0.433 e. The summed E-state index contributed by atoms with van der Waals surface area (Å²) in [6.07, 6.45) is -2.82. The molecular weight excluding hydrogens is 256 g/mol. The van der Waals surface area contributed by atoms with Crippen LogP contribution in [0.3, 0.4) is 0 Å². The zero-order valence-electron chi connectivity index (χ0n) is 11.7. The van der Waals surface area contributed by atoms with Crippen molar-refractivity contribution in [3.8, 4) is 0 Å². The van der Waals surface area contributed by atoms with Gasteiger partial charge in [0.2, 0.25) is 6.29 Å². The molecule has 1 unspecified atom stereocenters. The van der Waals surface area contributed by atoms with Gasteiger partial charge in [-0.2, -0.15) is 0 Å². The first kappa shape index (κ1) is 14.7. The van der Waals surface area contributed by atoms with Gasteiger partial charge >= 0.3 is 5.97 Å². The number of hydrogen-bond donors (Lipinski definition) is 0. The van der Waals surface area contributed by atoms with Crippen LogP contribution in [0.15, 0.2) is 0 Å². The summed E-state index contributed by atoms with van der Waals surface area (Å²) in [4.78, 5) is 11.1. The van der Waals surface area contributed by atoms with Gasteiger partial charge in [0, 0.05) is 21.1 Å². The summed E-state index contributed by atoms with van der Waals surface area (Å²) in [5, 5.41) is 0. The van der Waals surface area contributed by atoms with Crippen molar-refractivity contribution in [2.45, 2.75) is 57.5 Å². The number of ether oxygens (including phenoxy) is 6. The van der Waals surface area contributed by atoms with Crippen LogP contribution in [0.25, 0.3) is 0 Å². The Morgan fingerprint density at radius 2 is 1.95 bits per heavy atom. The maximum atomic E-state index is 11.1. The lowest BCUT2D eigenvalue weighted by Gasteiger charge is -2.28. The fraction of sp³-hybridized carbons (Fsp3) is 0.917. The minimum atomic E-state index is -0.858. The average Bonchev–Trinajstić information content (AvgIpc) is 2.76. The molecule has 2 aliphatic heterocycles. The molecule has 110 valence electrons. The standard InChI is InChI=1S/C12H20O7/c1-6(13)16-10(15-5)8-7(14-4)9-11(17-8)19-12(2,3)18-9/h7-11H,1-5H3/t7-,8-,9+,10?,11+/m0/s1. The third-order valence-corrected chi connectivity index (χ3v) is 3.08. The van der Waals surface area contributed by atoms with E-state index >= 15 is 0 Å². The van der Waals surface area contributed by atoms with Gasteiger partial charge in [0.05, 0.1) is 0 Å². The van der Waals surface area contributed by atoms with E-state index in [9.17, 15) is 4.79 Å². The Morgan fingerprint density at radius 3 is 2.47 bits per heavy atom. The fourth-order valence-corrected chi connectivity index (χ4v) is 2.40. The van der Waals surface area contributed by atoms with Crippen molar-refractivity contribution in [2.75, 3.05) is 14.2 Å². The second kappa shape index (κ2) is 5.34. The van der Waals surface area contributed by atoms with Crippen LogP contribution in [-0.2, 0) is 33.2 Å².